The fraction of sp³-hybridized carbons (Fsp3) is 0.136. The van der Waals surface area contributed by atoms with Crippen molar-refractivity contribution in [1.82, 2.24) is 13.9 Å². The van der Waals surface area contributed by atoms with Gasteiger partial charge in [-0.15, -0.1) is 0 Å². The number of hydrogen-bond acceptors (Lipinski definition) is 6. The summed E-state index contributed by atoms with van der Waals surface area (Å²) in [6.45, 7) is 2.75. The highest BCUT2D eigenvalue weighted by atomic mass is 35.5. The van der Waals surface area contributed by atoms with E-state index < -0.39 is 10.0 Å². The molecule has 2 aliphatic heterocycles. The molecule has 0 saturated carbocycles. The fourth-order valence-electron chi connectivity index (χ4n) is 3.35. The molecule has 2 aliphatic rings. The van der Waals surface area contributed by atoms with Crippen LogP contribution in [0.2, 0.25) is 5.02 Å². The summed E-state index contributed by atoms with van der Waals surface area (Å²) >= 11 is 7.41. The molecule has 10 heteroatoms. The van der Waals surface area contributed by atoms with Crippen molar-refractivity contribution in [2.24, 2.45) is 0 Å². The smallest absolute Gasteiger partial charge is 0.264 e. The molecule has 0 unspecified atom stereocenters. The fourth-order valence-corrected chi connectivity index (χ4v) is 5.50. The van der Waals surface area contributed by atoms with Gasteiger partial charge in [0.15, 0.2) is 0 Å². The Hall–Kier alpha value is -2.88. The molecule has 2 heterocycles. The van der Waals surface area contributed by atoms with E-state index in [1.165, 1.54) is 24.3 Å². The Kier molecular flexibility index (Phi) is 6.50. The van der Waals surface area contributed by atoms with Gasteiger partial charge < -0.3 is 9.62 Å². The molecule has 2 aromatic rings. The van der Waals surface area contributed by atoms with E-state index >= 15 is 0 Å². The molecular weight excluding hydrogens is 468 g/mol. The van der Waals surface area contributed by atoms with Crippen molar-refractivity contribution >= 4 is 45.4 Å². The van der Waals surface area contributed by atoms with Gasteiger partial charge in [-0.1, -0.05) is 41.9 Å². The number of hydrogen-bond donors (Lipinski definition) is 2. The van der Waals surface area contributed by atoms with Crippen LogP contribution in [0.1, 0.15) is 22.8 Å². The highest BCUT2D eigenvalue weighted by Gasteiger charge is 2.31. The normalized spacial score (nSPS) is 14.9. The summed E-state index contributed by atoms with van der Waals surface area (Å²) in [5.41, 5.74) is 1.85. The van der Waals surface area contributed by atoms with Crippen LogP contribution < -0.4 is 9.44 Å². The van der Waals surface area contributed by atoms with Crippen LogP contribution in [0, 0.1) is 0 Å². The number of allylic oxidation sites excluding steroid dienone is 2. The molecule has 2 N–H and O–H groups in total. The lowest BCUT2D eigenvalue weighted by atomic mass is 10.1. The van der Waals surface area contributed by atoms with Gasteiger partial charge in [-0.2, -0.15) is 0 Å². The minimum absolute atomic E-state index is 0.0903. The maximum absolute atomic E-state index is 13.3. The number of anilines is 1. The number of nitrogens with one attached hydrogen (secondary N) is 2. The Morgan fingerprint density at radius 3 is 2.75 bits per heavy atom. The van der Waals surface area contributed by atoms with Crippen molar-refractivity contribution in [3.8, 4) is 0 Å². The molecule has 0 aliphatic carbocycles. The van der Waals surface area contributed by atoms with Crippen LogP contribution in [-0.4, -0.2) is 30.1 Å². The first-order chi connectivity index (χ1) is 15.4. The molecule has 0 bridgehead atoms. The molecule has 0 atom stereocenters. The molecule has 0 saturated heterocycles. The largest absolute Gasteiger partial charge is 0.335 e. The molecule has 166 valence electrons. The van der Waals surface area contributed by atoms with Crippen LogP contribution in [0.15, 0.2) is 83.7 Å². The maximum atomic E-state index is 13.3. The maximum Gasteiger partial charge on any atom is 0.264 e. The van der Waals surface area contributed by atoms with Gasteiger partial charge in [-0.25, -0.2) is 8.42 Å². The van der Waals surface area contributed by atoms with Gasteiger partial charge >= 0.3 is 0 Å². The van der Waals surface area contributed by atoms with E-state index in [1.807, 2.05) is 37.3 Å². The Morgan fingerprint density at radius 1 is 1.22 bits per heavy atom. The molecule has 0 spiro atoms. The number of sulfonamides is 1. The minimum atomic E-state index is -3.99. The zero-order chi connectivity index (χ0) is 22.7. The summed E-state index contributed by atoms with van der Waals surface area (Å²) in [7, 11) is -3.99. The molecule has 0 radical (unpaired) electrons. The summed E-state index contributed by atoms with van der Waals surface area (Å²) in [5, 5.41) is 0.321. The lowest BCUT2D eigenvalue weighted by Crippen LogP contribution is -2.31. The molecule has 7 nitrogen and oxygen atoms in total. The van der Waals surface area contributed by atoms with E-state index in [-0.39, 0.29) is 22.1 Å². The third-order valence-electron chi connectivity index (χ3n) is 4.94. The number of carbonyl (C=O) groups is 1. The number of rotatable bonds is 7. The van der Waals surface area contributed by atoms with Gasteiger partial charge in [-0.05, 0) is 42.8 Å². The second kappa shape index (κ2) is 9.32. The SMILES string of the molecule is CCN(Cc1ccccc1)C(=O)c1ccc(Cl)cc1NS(=O)(=O)C1=CC=CN2SNC=C12. The zero-order valence-electron chi connectivity index (χ0n) is 17.2. The first kappa shape index (κ1) is 22.3. The molecule has 0 aromatic heterocycles. The molecule has 32 heavy (non-hydrogen) atoms. The Morgan fingerprint density at radius 2 is 2.00 bits per heavy atom. The average Bonchev–Trinajstić information content (AvgIpc) is 3.26. The number of benzene rings is 2. The third-order valence-corrected chi connectivity index (χ3v) is 7.32. The van der Waals surface area contributed by atoms with Crippen molar-refractivity contribution in [2.45, 2.75) is 13.5 Å². The number of nitrogens with zero attached hydrogens (tertiary/aromatic N) is 2. The third kappa shape index (κ3) is 4.64. The first-order valence-corrected chi connectivity index (χ1v) is 12.5. The molecule has 4 rings (SSSR count). The summed E-state index contributed by atoms with van der Waals surface area (Å²) in [6.07, 6.45) is 6.53. The van der Waals surface area contributed by atoms with Gasteiger partial charge in [0.25, 0.3) is 15.9 Å². The second-order valence-electron chi connectivity index (χ2n) is 7.04. The minimum Gasteiger partial charge on any atom is -0.335 e. The van der Waals surface area contributed by atoms with Crippen molar-refractivity contribution in [2.75, 3.05) is 11.3 Å². The van der Waals surface area contributed by atoms with Crippen LogP contribution in [0.4, 0.5) is 5.69 Å². The van der Waals surface area contributed by atoms with Gasteiger partial charge in [0.2, 0.25) is 0 Å². The molecular formula is C22H21ClN4O3S2. The Labute approximate surface area is 196 Å². The van der Waals surface area contributed by atoms with Gasteiger partial charge in [0, 0.05) is 30.5 Å². The van der Waals surface area contributed by atoms with Crippen molar-refractivity contribution in [3.63, 3.8) is 0 Å². The first-order valence-electron chi connectivity index (χ1n) is 9.85. The van der Waals surface area contributed by atoms with E-state index in [4.69, 9.17) is 11.6 Å². The van der Waals surface area contributed by atoms with Crippen molar-refractivity contribution in [1.29, 1.82) is 0 Å². The average molecular weight is 489 g/mol. The van der Waals surface area contributed by atoms with Gasteiger partial charge in [0.1, 0.15) is 4.91 Å². The topological polar surface area (TPSA) is 81.8 Å². The van der Waals surface area contributed by atoms with E-state index in [0.29, 0.717) is 23.8 Å². The molecule has 2 aromatic carbocycles. The zero-order valence-corrected chi connectivity index (χ0v) is 19.5. The predicted octanol–water partition coefficient (Wildman–Crippen LogP) is 4.47. The Bertz CT molecular complexity index is 1230. The standard InChI is InChI=1S/C22H21ClN4O3S2/c1-2-26(15-16-7-4-3-5-8-16)22(28)18-11-10-17(23)13-19(18)25-32(29,30)21-9-6-12-27-20(21)14-24-31-27/h3-14,24-25H,2,15H2,1H3. The van der Waals surface area contributed by atoms with Crippen molar-refractivity contribution in [3.05, 3.63) is 99.8 Å². The van der Waals surface area contributed by atoms with Gasteiger partial charge in [0.05, 0.1) is 29.1 Å². The van der Waals surface area contributed by atoms with Crippen LogP contribution in [0.3, 0.4) is 0 Å². The van der Waals surface area contributed by atoms with E-state index in [2.05, 4.69) is 9.44 Å². The summed E-state index contributed by atoms with van der Waals surface area (Å²) in [5.74, 6) is -0.290. The van der Waals surface area contributed by atoms with Crippen molar-refractivity contribution < 1.29 is 13.2 Å². The highest BCUT2D eigenvalue weighted by Crippen LogP contribution is 2.34. The van der Waals surface area contributed by atoms with E-state index in [1.54, 1.807) is 39.8 Å². The van der Waals surface area contributed by atoms with Gasteiger partial charge in [-0.3, -0.25) is 13.8 Å². The summed E-state index contributed by atoms with van der Waals surface area (Å²) in [4.78, 5) is 15.1. The second-order valence-corrected chi connectivity index (χ2v) is 9.94. The van der Waals surface area contributed by atoms with Crippen LogP contribution in [0.5, 0.6) is 0 Å². The predicted molar refractivity (Wildman–Crippen MR) is 129 cm³/mol. The van der Waals surface area contributed by atoms with Crippen LogP contribution in [0.25, 0.3) is 0 Å². The van der Waals surface area contributed by atoms with E-state index in [9.17, 15) is 13.2 Å². The quantitative estimate of drug-likeness (QED) is 0.560. The van der Waals surface area contributed by atoms with E-state index in [0.717, 1.165) is 5.56 Å². The number of halogens is 1. The Balaban J connectivity index is 1.64. The highest BCUT2D eigenvalue weighted by molar-refractivity contribution is 7.97. The molecule has 1 amide bonds. The number of amides is 1. The molecule has 0 fully saturated rings. The van der Waals surface area contributed by atoms with Crippen LogP contribution in [-0.2, 0) is 16.6 Å². The number of fused-ring (bicyclic) bond motifs is 1. The van der Waals surface area contributed by atoms with Crippen LogP contribution >= 0.6 is 23.7 Å². The number of carbonyl (C=O) groups excluding carboxylic acids is 1. The lowest BCUT2D eigenvalue weighted by molar-refractivity contribution is 0.0753. The monoisotopic (exact) mass is 488 g/mol. The summed E-state index contributed by atoms with van der Waals surface area (Å²) in [6, 6.07) is 14.2. The lowest BCUT2D eigenvalue weighted by Gasteiger charge is -2.24. The summed E-state index contributed by atoms with van der Waals surface area (Å²) < 4.78 is 33.7.